The van der Waals surface area contributed by atoms with Crippen LogP contribution in [-0.4, -0.2) is 16.4 Å². The SMILES string of the molecule is N#Cc1cc2n(n1)CCCO2. The Balaban J connectivity index is 2.42. The molecule has 4 nitrogen and oxygen atoms in total. The Morgan fingerprint density at radius 1 is 1.73 bits per heavy atom. The van der Waals surface area contributed by atoms with Crippen LogP contribution in [0, 0.1) is 11.3 Å². The Morgan fingerprint density at radius 2 is 2.64 bits per heavy atom. The first-order valence-electron chi connectivity index (χ1n) is 3.51. The molecule has 56 valence electrons. The van der Waals surface area contributed by atoms with E-state index in [1.165, 1.54) is 0 Å². The quantitative estimate of drug-likeness (QED) is 0.540. The number of hydrogen-bond acceptors (Lipinski definition) is 3. The van der Waals surface area contributed by atoms with Crippen LogP contribution in [0.4, 0.5) is 0 Å². The summed E-state index contributed by atoms with van der Waals surface area (Å²) in [6.07, 6.45) is 0.972. The maximum atomic E-state index is 8.51. The molecule has 0 aliphatic carbocycles. The van der Waals surface area contributed by atoms with Gasteiger partial charge in [-0.25, -0.2) is 4.68 Å². The number of nitrogens with zero attached hydrogens (tertiary/aromatic N) is 3. The van der Waals surface area contributed by atoms with Crippen molar-refractivity contribution in [1.82, 2.24) is 9.78 Å². The van der Waals surface area contributed by atoms with Gasteiger partial charge < -0.3 is 4.74 Å². The molecule has 1 aromatic rings. The number of ether oxygens (including phenoxy) is 1. The van der Waals surface area contributed by atoms with E-state index in [2.05, 4.69) is 5.10 Å². The molecular weight excluding hydrogens is 142 g/mol. The summed E-state index contributed by atoms with van der Waals surface area (Å²) in [6, 6.07) is 3.64. The van der Waals surface area contributed by atoms with Crippen molar-refractivity contribution in [1.29, 1.82) is 5.26 Å². The predicted molar refractivity (Wildman–Crippen MR) is 37.1 cm³/mol. The normalized spacial score (nSPS) is 14.8. The fraction of sp³-hybridized carbons (Fsp3) is 0.429. The van der Waals surface area contributed by atoms with Crippen molar-refractivity contribution in [2.75, 3.05) is 6.61 Å². The highest BCUT2D eigenvalue weighted by molar-refractivity contribution is 5.26. The van der Waals surface area contributed by atoms with Gasteiger partial charge in [-0.05, 0) is 0 Å². The van der Waals surface area contributed by atoms with Gasteiger partial charge in [0.2, 0.25) is 5.88 Å². The van der Waals surface area contributed by atoms with Crippen LogP contribution in [0.3, 0.4) is 0 Å². The molecule has 0 amide bonds. The van der Waals surface area contributed by atoms with Crippen molar-refractivity contribution in [2.45, 2.75) is 13.0 Å². The average Bonchev–Trinajstić information content (AvgIpc) is 2.46. The first-order valence-corrected chi connectivity index (χ1v) is 3.51. The van der Waals surface area contributed by atoms with E-state index in [4.69, 9.17) is 10.00 Å². The number of fused-ring (bicyclic) bond motifs is 1. The largest absolute Gasteiger partial charge is 0.478 e. The zero-order chi connectivity index (χ0) is 7.68. The molecule has 2 heterocycles. The van der Waals surface area contributed by atoms with Crippen molar-refractivity contribution < 1.29 is 4.74 Å². The molecule has 1 aromatic heterocycles. The van der Waals surface area contributed by atoms with E-state index in [-0.39, 0.29) is 0 Å². The Kier molecular flexibility index (Phi) is 1.29. The van der Waals surface area contributed by atoms with Crippen LogP contribution in [-0.2, 0) is 6.54 Å². The number of aryl methyl sites for hydroxylation is 1. The lowest BCUT2D eigenvalue weighted by Gasteiger charge is -2.13. The summed E-state index contributed by atoms with van der Waals surface area (Å²) >= 11 is 0. The molecule has 1 aliphatic heterocycles. The number of hydrogen-bond donors (Lipinski definition) is 0. The van der Waals surface area contributed by atoms with Crippen molar-refractivity contribution in [3.05, 3.63) is 11.8 Å². The molecule has 0 fully saturated rings. The zero-order valence-electron chi connectivity index (χ0n) is 5.95. The molecule has 2 rings (SSSR count). The second-order valence-corrected chi connectivity index (χ2v) is 2.40. The number of aromatic nitrogens is 2. The van der Waals surface area contributed by atoms with Gasteiger partial charge in [-0.1, -0.05) is 0 Å². The summed E-state index contributed by atoms with van der Waals surface area (Å²) in [5.74, 6) is 0.716. The molecule has 0 N–H and O–H groups in total. The molecule has 0 saturated heterocycles. The van der Waals surface area contributed by atoms with Gasteiger partial charge >= 0.3 is 0 Å². The van der Waals surface area contributed by atoms with Gasteiger partial charge in [0.25, 0.3) is 0 Å². The summed E-state index contributed by atoms with van der Waals surface area (Å²) < 4.78 is 6.98. The fourth-order valence-electron chi connectivity index (χ4n) is 1.12. The van der Waals surface area contributed by atoms with Gasteiger partial charge in [-0.15, -0.1) is 0 Å². The third-order valence-electron chi connectivity index (χ3n) is 1.62. The van der Waals surface area contributed by atoms with E-state index in [1.807, 2.05) is 6.07 Å². The third-order valence-corrected chi connectivity index (χ3v) is 1.62. The predicted octanol–water partition coefficient (Wildman–Crippen LogP) is 0.537. The second kappa shape index (κ2) is 2.27. The van der Waals surface area contributed by atoms with Gasteiger partial charge in [0.1, 0.15) is 6.07 Å². The monoisotopic (exact) mass is 149 g/mol. The third kappa shape index (κ3) is 0.944. The molecule has 1 aliphatic rings. The number of nitriles is 1. The Bertz CT molecular complexity index is 286. The molecule has 0 aromatic carbocycles. The molecule has 0 unspecified atom stereocenters. The second-order valence-electron chi connectivity index (χ2n) is 2.40. The summed E-state index contributed by atoms with van der Waals surface area (Å²) in [5, 5.41) is 12.5. The van der Waals surface area contributed by atoms with E-state index in [0.717, 1.165) is 19.6 Å². The lowest BCUT2D eigenvalue weighted by molar-refractivity contribution is 0.230. The smallest absolute Gasteiger partial charge is 0.213 e. The minimum Gasteiger partial charge on any atom is -0.478 e. The fourth-order valence-corrected chi connectivity index (χ4v) is 1.12. The maximum Gasteiger partial charge on any atom is 0.213 e. The van der Waals surface area contributed by atoms with Crippen LogP contribution in [0.25, 0.3) is 0 Å². The maximum absolute atomic E-state index is 8.51. The molecule has 4 heteroatoms. The highest BCUT2D eigenvalue weighted by atomic mass is 16.5. The Hall–Kier alpha value is -1.50. The molecule has 0 spiro atoms. The van der Waals surface area contributed by atoms with Crippen LogP contribution in [0.5, 0.6) is 5.88 Å². The van der Waals surface area contributed by atoms with Crippen LogP contribution in [0.2, 0.25) is 0 Å². The summed E-state index contributed by atoms with van der Waals surface area (Å²) in [5.41, 5.74) is 0.432. The molecule has 11 heavy (non-hydrogen) atoms. The Morgan fingerprint density at radius 3 is 3.36 bits per heavy atom. The lowest BCUT2D eigenvalue weighted by Crippen LogP contribution is -2.14. The first kappa shape index (κ1) is 6.23. The van der Waals surface area contributed by atoms with Crippen molar-refractivity contribution >= 4 is 0 Å². The highest BCUT2D eigenvalue weighted by Gasteiger charge is 2.12. The number of rotatable bonds is 0. The minimum absolute atomic E-state index is 0.432. The van der Waals surface area contributed by atoms with E-state index < -0.39 is 0 Å². The molecule has 0 bridgehead atoms. The molecule has 0 saturated carbocycles. The van der Waals surface area contributed by atoms with E-state index in [1.54, 1.807) is 10.7 Å². The topological polar surface area (TPSA) is 50.8 Å². The Labute approximate surface area is 64.0 Å². The van der Waals surface area contributed by atoms with Crippen LogP contribution < -0.4 is 4.74 Å². The minimum atomic E-state index is 0.432. The standard InChI is InChI=1S/C7H7N3O/c8-5-6-4-7-10(9-6)2-1-3-11-7/h4H,1-3H2. The summed E-state index contributed by atoms with van der Waals surface area (Å²) in [6.45, 7) is 1.59. The molecule has 0 atom stereocenters. The first-order chi connectivity index (χ1) is 5.40. The van der Waals surface area contributed by atoms with Gasteiger partial charge in [0.05, 0.1) is 6.61 Å². The van der Waals surface area contributed by atoms with Gasteiger partial charge in [0, 0.05) is 19.0 Å². The van der Waals surface area contributed by atoms with Gasteiger partial charge in [-0.2, -0.15) is 10.4 Å². The zero-order valence-corrected chi connectivity index (χ0v) is 5.95. The van der Waals surface area contributed by atoms with E-state index in [9.17, 15) is 0 Å². The van der Waals surface area contributed by atoms with Crippen LogP contribution >= 0.6 is 0 Å². The van der Waals surface area contributed by atoms with E-state index in [0.29, 0.717) is 11.6 Å². The summed E-state index contributed by atoms with van der Waals surface area (Å²) in [4.78, 5) is 0. The van der Waals surface area contributed by atoms with Crippen LogP contribution in [0.1, 0.15) is 12.1 Å². The highest BCUT2D eigenvalue weighted by Crippen LogP contribution is 2.17. The summed E-state index contributed by atoms with van der Waals surface area (Å²) in [7, 11) is 0. The van der Waals surface area contributed by atoms with Crippen molar-refractivity contribution in [3.63, 3.8) is 0 Å². The lowest BCUT2D eigenvalue weighted by atomic mass is 10.4. The van der Waals surface area contributed by atoms with Crippen LogP contribution in [0.15, 0.2) is 6.07 Å². The van der Waals surface area contributed by atoms with Gasteiger partial charge in [-0.3, -0.25) is 0 Å². The van der Waals surface area contributed by atoms with Gasteiger partial charge in [0.15, 0.2) is 5.69 Å². The average molecular weight is 149 g/mol. The molecular formula is C7H7N3O. The molecule has 0 radical (unpaired) electrons. The van der Waals surface area contributed by atoms with Crippen molar-refractivity contribution in [2.24, 2.45) is 0 Å². The van der Waals surface area contributed by atoms with Crippen molar-refractivity contribution in [3.8, 4) is 11.9 Å². The van der Waals surface area contributed by atoms with E-state index >= 15 is 0 Å².